The summed E-state index contributed by atoms with van der Waals surface area (Å²) in [7, 11) is 1.57. The van der Waals surface area contributed by atoms with Crippen molar-refractivity contribution in [1.82, 2.24) is 25.1 Å². The molecule has 0 spiro atoms. The van der Waals surface area contributed by atoms with E-state index in [1.807, 2.05) is 165 Å². The molecule has 0 saturated heterocycles. The minimum atomic E-state index is -1.07. The van der Waals surface area contributed by atoms with Crippen molar-refractivity contribution in [1.29, 1.82) is 0 Å². The van der Waals surface area contributed by atoms with Crippen LogP contribution in [-0.2, 0) is 54.5 Å². The number of hydrogen-bond acceptors (Lipinski definition) is 19. The largest absolute Gasteiger partial charge is 0.497 e. The third-order valence-corrected chi connectivity index (χ3v) is 29.1. The number of halogens is 1. The number of anilines is 4. The third-order valence-electron chi connectivity index (χ3n) is 27.2. The van der Waals surface area contributed by atoms with Crippen LogP contribution in [0.1, 0.15) is 240 Å². The molecule has 5 saturated carbocycles. The highest BCUT2D eigenvalue weighted by Crippen LogP contribution is 2.45. The average molecular weight is 1960 g/mol. The fourth-order valence-corrected chi connectivity index (χ4v) is 21.9. The van der Waals surface area contributed by atoms with Crippen LogP contribution in [-0.4, -0.2) is 104 Å². The number of fused-ring (bicyclic) bond motifs is 1. The molecule has 17 rings (SSSR count). The van der Waals surface area contributed by atoms with Crippen molar-refractivity contribution in [2.45, 2.75) is 218 Å². The van der Waals surface area contributed by atoms with Gasteiger partial charge >= 0.3 is 23.6 Å². The third kappa shape index (κ3) is 27.9. The van der Waals surface area contributed by atoms with Gasteiger partial charge in [-0.15, -0.1) is 59.9 Å². The molecule has 5 unspecified atom stereocenters. The first-order valence-corrected chi connectivity index (χ1v) is 50.7. The molecule has 736 valence electrons. The smallest absolute Gasteiger partial charge is 0.303 e. The van der Waals surface area contributed by atoms with Crippen molar-refractivity contribution >= 4 is 104 Å². The van der Waals surface area contributed by atoms with Crippen LogP contribution >= 0.6 is 22.7 Å². The summed E-state index contributed by atoms with van der Waals surface area (Å²) >= 11 is 2.96. The Kier molecular flexibility index (Phi) is 38.8. The Labute approximate surface area is 845 Å². The number of Topliss-reactive ketones (excluding diaryl/α,β-unsaturated/α-hetero) is 5. The molecule has 26 heteroatoms. The van der Waals surface area contributed by atoms with Crippen LogP contribution in [0.5, 0.6) is 17.2 Å². The van der Waals surface area contributed by atoms with Crippen LogP contribution in [0.25, 0.3) is 5.69 Å². The zero-order valence-corrected chi connectivity index (χ0v) is 82.9. The summed E-state index contributed by atoms with van der Waals surface area (Å²) < 4.78 is 38.0. The van der Waals surface area contributed by atoms with Gasteiger partial charge in [0.2, 0.25) is 0 Å². The van der Waals surface area contributed by atoms with Crippen molar-refractivity contribution in [3.63, 3.8) is 0 Å². The maximum atomic E-state index is 14.6. The Morgan fingerprint density at radius 2 is 0.860 bits per heavy atom. The van der Waals surface area contributed by atoms with Gasteiger partial charge < -0.3 is 23.5 Å². The topological polar surface area (TPSA) is 271 Å². The summed E-state index contributed by atoms with van der Waals surface area (Å²) in [5, 5.41) is 15.1. The number of benzene rings is 7. The highest BCUT2D eigenvalue weighted by Gasteiger charge is 2.42. The van der Waals surface area contributed by atoms with E-state index in [2.05, 4.69) is 45.1 Å². The Hall–Kier alpha value is -14.9. The van der Waals surface area contributed by atoms with Crippen molar-refractivity contribution < 1.29 is 71.0 Å². The molecule has 0 N–H and O–H groups in total. The molecule has 0 bridgehead atoms. The van der Waals surface area contributed by atoms with E-state index in [0.29, 0.717) is 115 Å². The summed E-state index contributed by atoms with van der Waals surface area (Å²) in [5.41, 5.74) is 7.54. The fraction of sp³-hybridized carbons (Fsp3) is 0.359. The van der Waals surface area contributed by atoms with Crippen LogP contribution in [0.3, 0.4) is 0 Å². The summed E-state index contributed by atoms with van der Waals surface area (Å²) in [6.45, 7) is 6.68. The van der Waals surface area contributed by atoms with E-state index >= 15 is 0 Å². The van der Waals surface area contributed by atoms with E-state index in [0.717, 1.165) is 146 Å². The van der Waals surface area contributed by atoms with Crippen molar-refractivity contribution in [2.75, 3.05) is 39.9 Å². The van der Waals surface area contributed by atoms with Crippen LogP contribution < -0.4 is 33.8 Å². The van der Waals surface area contributed by atoms with Gasteiger partial charge in [0.1, 0.15) is 67.1 Å². The Bertz CT molecular complexity index is 6400. The van der Waals surface area contributed by atoms with Crippen LogP contribution in [0.4, 0.5) is 27.1 Å². The Morgan fingerprint density at radius 1 is 0.427 bits per heavy atom. The summed E-state index contributed by atoms with van der Waals surface area (Å²) in [6.07, 6.45) is 54.6. The first-order chi connectivity index (χ1) is 69.5. The lowest BCUT2D eigenvalue weighted by atomic mass is 9.92. The van der Waals surface area contributed by atoms with Crippen LogP contribution in [0, 0.1) is 118 Å². The Morgan fingerprint density at radius 3 is 1.29 bits per heavy atom. The van der Waals surface area contributed by atoms with Gasteiger partial charge in [-0.1, -0.05) is 238 Å². The van der Waals surface area contributed by atoms with Gasteiger partial charge in [-0.05, 0) is 208 Å². The zero-order chi connectivity index (χ0) is 101. The summed E-state index contributed by atoms with van der Waals surface area (Å²) in [6, 6.07) is 55.5. The van der Waals surface area contributed by atoms with Gasteiger partial charge in [-0.3, -0.25) is 67.5 Å². The maximum absolute atomic E-state index is 14.6. The van der Waals surface area contributed by atoms with E-state index < -0.39 is 65.6 Å². The lowest BCUT2D eigenvalue weighted by Gasteiger charge is -2.31. The lowest BCUT2D eigenvalue weighted by Crippen LogP contribution is -2.39. The molecule has 5 aliphatic carbocycles. The van der Waals surface area contributed by atoms with Gasteiger partial charge in [0.05, 0.1) is 31.3 Å². The minimum absolute atomic E-state index is 0.00540. The number of terminal acetylenes is 5. The number of carbonyl (C=O) groups excluding carboxylic acids is 10. The summed E-state index contributed by atoms with van der Waals surface area (Å²) in [5.74, 6) is 11.6. The molecule has 1 aliphatic heterocycles. The van der Waals surface area contributed by atoms with Crippen molar-refractivity contribution in [3.05, 3.63) is 278 Å². The number of furan rings is 1. The molecule has 0 radical (unpaired) electrons. The number of thiophene rings is 2. The number of ether oxygens (including phenoxy) is 3. The van der Waals surface area contributed by atoms with Gasteiger partial charge in [0, 0.05) is 76.6 Å². The van der Waals surface area contributed by atoms with Gasteiger partial charge in [0.25, 0.3) is 5.91 Å². The van der Waals surface area contributed by atoms with Gasteiger partial charge in [0.15, 0.2) is 40.4 Å². The molecular weight excluding hydrogens is 1840 g/mol. The number of nitrogens with zero attached hydrogens (tertiary/aromatic N) is 9. The molecule has 5 amide bonds. The highest BCUT2D eigenvalue weighted by atomic mass is 32.1. The molecule has 5 heterocycles. The van der Waals surface area contributed by atoms with E-state index in [1.165, 1.54) is 97.6 Å². The number of tetrazole rings is 1. The van der Waals surface area contributed by atoms with Gasteiger partial charge in [-0.25, -0.2) is 9.07 Å². The normalized spacial score (nSPS) is 15.4. The second kappa shape index (κ2) is 52.6. The molecular formula is C117H120FN9O14S2. The number of aromatic nitrogens is 4. The van der Waals surface area contributed by atoms with Crippen LogP contribution in [0.2, 0.25) is 0 Å². The van der Waals surface area contributed by atoms with E-state index in [4.69, 9.17) is 50.7 Å². The first-order valence-electron chi connectivity index (χ1n) is 49.0. The van der Waals surface area contributed by atoms with E-state index in [1.54, 1.807) is 66.4 Å². The molecule has 11 aromatic rings. The molecule has 4 aromatic heterocycles. The summed E-state index contributed by atoms with van der Waals surface area (Å²) in [4.78, 5) is 140. The number of ketones is 5. The second-order valence-corrected chi connectivity index (χ2v) is 38.9. The predicted molar refractivity (Wildman–Crippen MR) is 553 cm³/mol. The molecule has 143 heavy (non-hydrogen) atoms. The van der Waals surface area contributed by atoms with Crippen molar-refractivity contribution in [2.24, 2.45) is 29.6 Å². The second-order valence-electron chi connectivity index (χ2n) is 37.0. The zero-order valence-electron chi connectivity index (χ0n) is 81.3. The number of rotatable bonds is 33. The average Bonchev–Trinajstić information content (AvgIpc) is 1.76. The molecule has 7 aromatic carbocycles. The lowest BCUT2D eigenvalue weighted by molar-refractivity contribution is -0.137. The Balaban J connectivity index is 0.000000150. The minimum Gasteiger partial charge on any atom is -0.497 e. The van der Waals surface area contributed by atoms with Gasteiger partial charge in [-0.2, -0.15) is 0 Å². The highest BCUT2D eigenvalue weighted by molar-refractivity contribution is 7.10. The molecule has 5 atom stereocenters. The molecule has 6 aliphatic rings. The quantitative estimate of drug-likeness (QED) is 0.0346. The SMILES string of the molecule is C#CC(=O)N(Cc1ccco1)C(C(=O)CC1CCCC1)c1ccccc1F.C#CC(=O)N(c1cc(OC)ccc1C)C(C(=O)CC1CCCC1)c1cccs1.C#CC(=O)N(c1ccc(-n2cnnn2)c(C)c1)C(C(=O)CC1CCCC1)c1ccccc1.C#CC(=O)N(c1ccc2c(c1)OCCO2)C(C(=O)CC1CCCC1)c1ccccc1.C#CC(=O)N(c1cccc(C)c1)C(C(=O)CC1CCCC1)c1cccs1. The predicted octanol–water partition coefficient (Wildman–Crippen LogP) is 22.2. The fourth-order valence-electron chi connectivity index (χ4n) is 20.2. The first kappa shape index (κ1) is 105. The standard InChI is InChI=1S/C25H25N5O2.C25H25NO4.C23H25NO3S.C22H22FNO3.C22H23NO2S/c1-3-24(32)30(21-13-14-22(18(2)15-21)29-17-26-27-28-29)25(20-11-5-4-6-12-20)23(31)16-19-9-7-8-10-19;1-2-24(28)26(20-12-13-22-23(17-20)30-15-14-29-22)25(19-10-4-3-5-11-19)21(27)16-18-8-6-7-9-18;1-4-22(26)24(19-15-18(27-3)12-11-16(19)2)23(21-10-7-13-28-21)20(25)14-17-8-5-6-9-17;1-2-21(26)24(15-17-10-7-13-27-17)22(18-11-5-6-12-19(18)23)20(25)14-16-8-3-4-9-16;1-3-21(25)23(18-11-6-8-16(2)14-18)22(20-12-7-13-26-20)19(24)15-17-9-4-5-10-17/h1,4-6,11-15,17,19,25H,7-10,16H2,2H3;1,3-5,10-13,17-18,25H,6-9,14-16H2;1,7,10-13,15,17,23H,5-6,8-9,14H2,2-3H3;1,5-7,10-13,16,22H,3-4,8-9,14-15H2;1,6-8,11-14,17,22H,4-5,9-10,15H2,2H3. The van der Waals surface area contributed by atoms with E-state index in [-0.39, 0.29) is 46.9 Å². The van der Waals surface area contributed by atoms with Crippen LogP contribution in [0.15, 0.2) is 228 Å². The number of hydrogen-bond donors (Lipinski definition) is 0. The van der Waals surface area contributed by atoms with Crippen molar-refractivity contribution in [3.8, 4) is 84.7 Å². The molecule has 23 nitrogen and oxygen atoms in total. The number of methoxy groups -OCH3 is 1. The number of amides is 5. The maximum Gasteiger partial charge on any atom is 0.303 e. The monoisotopic (exact) mass is 1960 g/mol. The number of aryl methyl sites for hydroxylation is 3. The molecule has 5 fully saturated rings. The number of carbonyl (C=O) groups is 10. The van der Waals surface area contributed by atoms with E-state index in [9.17, 15) is 52.3 Å².